The van der Waals surface area contributed by atoms with Crippen molar-refractivity contribution in [3.8, 4) is 16.9 Å². The first-order chi connectivity index (χ1) is 14.1. The fraction of sp³-hybridized carbons (Fsp3) is 0.292. The summed E-state index contributed by atoms with van der Waals surface area (Å²) in [6, 6.07) is 17.2. The first-order valence-electron chi connectivity index (χ1n) is 10.0. The third kappa shape index (κ3) is 3.07. The maximum absolute atomic E-state index is 12.6. The molecule has 0 aromatic heterocycles. The maximum atomic E-state index is 12.6. The van der Waals surface area contributed by atoms with Gasteiger partial charge >= 0.3 is 5.97 Å². The topological polar surface area (TPSA) is 63.7 Å². The largest absolute Gasteiger partial charge is 0.426 e. The lowest BCUT2D eigenvalue weighted by atomic mass is 9.85. The molecule has 0 N–H and O–H groups in total. The zero-order chi connectivity index (χ0) is 20.0. The lowest BCUT2D eigenvalue weighted by molar-refractivity contribution is -0.142. The first kappa shape index (κ1) is 17.9. The minimum atomic E-state index is -0.448. The van der Waals surface area contributed by atoms with Crippen LogP contribution in [0.4, 0.5) is 0 Å². The predicted octanol–water partition coefficient (Wildman–Crippen LogP) is 3.46. The van der Waals surface area contributed by atoms with Gasteiger partial charge in [0.15, 0.2) is 0 Å². The van der Waals surface area contributed by atoms with Crippen LogP contribution in [0.1, 0.15) is 12.8 Å². The standard InChI is InChI=1S/C24H21NO4/c26-20(29-19-10-8-16(9-11-19)15-4-2-1-3-5-15)12-13-25-23(27)21-17-6-7-18(14-17)22(21)24(25)28/h1-11,17-18,21-22H,12-14H2/t17-,18+,21+,22-. The van der Waals surface area contributed by atoms with Crippen LogP contribution in [0.5, 0.6) is 5.75 Å². The minimum absolute atomic E-state index is 0.000118. The number of allylic oxidation sites excluding steroid dienone is 2. The Labute approximate surface area is 169 Å². The molecule has 5 nitrogen and oxygen atoms in total. The van der Waals surface area contributed by atoms with Crippen LogP contribution in [0, 0.1) is 23.7 Å². The summed E-state index contributed by atoms with van der Waals surface area (Å²) in [7, 11) is 0. The Morgan fingerprint density at radius 3 is 2.07 bits per heavy atom. The van der Waals surface area contributed by atoms with E-state index in [0.29, 0.717) is 5.75 Å². The summed E-state index contributed by atoms with van der Waals surface area (Å²) in [6.45, 7) is 0.0883. The molecule has 1 saturated carbocycles. The molecule has 3 aliphatic rings. The average molecular weight is 387 g/mol. The number of hydrogen-bond acceptors (Lipinski definition) is 4. The molecule has 2 bridgehead atoms. The van der Waals surface area contributed by atoms with Gasteiger partial charge in [-0.3, -0.25) is 19.3 Å². The molecule has 2 fully saturated rings. The minimum Gasteiger partial charge on any atom is -0.426 e. The van der Waals surface area contributed by atoms with E-state index in [2.05, 4.69) is 12.2 Å². The van der Waals surface area contributed by atoms with E-state index in [4.69, 9.17) is 4.74 Å². The van der Waals surface area contributed by atoms with Crippen LogP contribution in [-0.4, -0.2) is 29.2 Å². The molecule has 1 saturated heterocycles. The van der Waals surface area contributed by atoms with Crippen LogP contribution in [-0.2, 0) is 14.4 Å². The van der Waals surface area contributed by atoms with E-state index < -0.39 is 5.97 Å². The van der Waals surface area contributed by atoms with Gasteiger partial charge in [-0.2, -0.15) is 0 Å². The number of hydrogen-bond donors (Lipinski definition) is 0. The summed E-state index contributed by atoms with van der Waals surface area (Å²) in [5.74, 6) is -0.334. The smallest absolute Gasteiger partial charge is 0.312 e. The molecule has 5 rings (SSSR count). The lowest BCUT2D eigenvalue weighted by Crippen LogP contribution is -2.35. The van der Waals surface area contributed by atoms with Crippen molar-refractivity contribution in [2.75, 3.05) is 6.54 Å². The van der Waals surface area contributed by atoms with E-state index in [-0.39, 0.29) is 48.5 Å². The molecule has 29 heavy (non-hydrogen) atoms. The van der Waals surface area contributed by atoms with Gasteiger partial charge in [-0.25, -0.2) is 0 Å². The highest BCUT2D eigenvalue weighted by Crippen LogP contribution is 2.52. The molecule has 146 valence electrons. The van der Waals surface area contributed by atoms with Gasteiger partial charge in [-0.1, -0.05) is 54.6 Å². The fourth-order valence-electron chi connectivity index (χ4n) is 4.92. The van der Waals surface area contributed by atoms with Gasteiger partial charge in [0.2, 0.25) is 11.8 Å². The fourth-order valence-corrected chi connectivity index (χ4v) is 4.92. The van der Waals surface area contributed by atoms with Gasteiger partial charge in [-0.05, 0) is 41.5 Å². The molecule has 2 aliphatic carbocycles. The number of rotatable bonds is 5. The highest BCUT2D eigenvalue weighted by molar-refractivity contribution is 6.06. The van der Waals surface area contributed by atoms with Crippen LogP contribution in [0.25, 0.3) is 11.1 Å². The zero-order valence-electron chi connectivity index (χ0n) is 15.9. The molecule has 2 amide bonds. The van der Waals surface area contributed by atoms with E-state index >= 15 is 0 Å². The monoisotopic (exact) mass is 387 g/mol. The van der Waals surface area contributed by atoms with Crippen molar-refractivity contribution in [2.24, 2.45) is 23.7 Å². The summed E-state index contributed by atoms with van der Waals surface area (Å²) < 4.78 is 5.38. The number of likely N-dealkylation sites (tertiary alicyclic amines) is 1. The maximum Gasteiger partial charge on any atom is 0.312 e. The Balaban J connectivity index is 1.18. The summed E-state index contributed by atoms with van der Waals surface area (Å²) >= 11 is 0. The Bertz CT molecular complexity index is 965. The van der Waals surface area contributed by atoms with Crippen LogP contribution in [0.2, 0.25) is 0 Å². The Kier molecular flexibility index (Phi) is 4.31. The van der Waals surface area contributed by atoms with Gasteiger partial charge in [0.25, 0.3) is 0 Å². The number of imide groups is 1. The quantitative estimate of drug-likeness (QED) is 0.341. The average Bonchev–Trinajstić information content (AvgIpc) is 3.42. The van der Waals surface area contributed by atoms with E-state index in [9.17, 15) is 14.4 Å². The second-order valence-corrected chi connectivity index (χ2v) is 7.94. The Morgan fingerprint density at radius 1 is 0.862 bits per heavy atom. The van der Waals surface area contributed by atoms with Gasteiger partial charge < -0.3 is 4.74 Å². The molecule has 2 aromatic carbocycles. The summed E-state index contributed by atoms with van der Waals surface area (Å²) in [4.78, 5) is 38.8. The van der Waals surface area contributed by atoms with Gasteiger partial charge in [-0.15, -0.1) is 0 Å². The number of fused-ring (bicyclic) bond motifs is 5. The molecule has 1 aliphatic heterocycles. The molecule has 5 heteroatoms. The Morgan fingerprint density at radius 2 is 1.45 bits per heavy atom. The SMILES string of the molecule is O=C(CCN1C(=O)[C@@H]2[C@H](C1=O)[C@H]1C=C[C@@H]2C1)Oc1ccc(-c2ccccc2)cc1. The first-order valence-corrected chi connectivity index (χ1v) is 10.0. The second kappa shape index (κ2) is 6.99. The summed E-state index contributed by atoms with van der Waals surface area (Å²) in [6.07, 6.45) is 5.03. The number of benzene rings is 2. The summed E-state index contributed by atoms with van der Waals surface area (Å²) in [5.41, 5.74) is 2.12. The normalized spacial score (nSPS) is 26.8. The van der Waals surface area contributed by atoms with Crippen LogP contribution >= 0.6 is 0 Å². The van der Waals surface area contributed by atoms with Crippen molar-refractivity contribution in [1.82, 2.24) is 4.90 Å². The molecule has 4 atom stereocenters. The van der Waals surface area contributed by atoms with Crippen LogP contribution in [0.15, 0.2) is 66.7 Å². The van der Waals surface area contributed by atoms with E-state index in [0.717, 1.165) is 17.5 Å². The van der Waals surface area contributed by atoms with Crippen molar-refractivity contribution < 1.29 is 19.1 Å². The van der Waals surface area contributed by atoms with Gasteiger partial charge in [0.1, 0.15) is 5.75 Å². The molecular weight excluding hydrogens is 366 g/mol. The molecule has 2 aromatic rings. The molecule has 0 radical (unpaired) electrons. The van der Waals surface area contributed by atoms with Crippen molar-refractivity contribution in [1.29, 1.82) is 0 Å². The van der Waals surface area contributed by atoms with Crippen molar-refractivity contribution in [3.05, 3.63) is 66.7 Å². The van der Waals surface area contributed by atoms with E-state index in [1.54, 1.807) is 12.1 Å². The Hall–Kier alpha value is -3.21. The molecule has 1 heterocycles. The van der Waals surface area contributed by atoms with Crippen LogP contribution < -0.4 is 4.74 Å². The van der Waals surface area contributed by atoms with Crippen molar-refractivity contribution >= 4 is 17.8 Å². The molecular formula is C24H21NO4. The number of amides is 2. The van der Waals surface area contributed by atoms with Crippen molar-refractivity contribution in [3.63, 3.8) is 0 Å². The molecule has 0 spiro atoms. The van der Waals surface area contributed by atoms with Crippen LogP contribution in [0.3, 0.4) is 0 Å². The van der Waals surface area contributed by atoms with E-state index in [1.807, 2.05) is 42.5 Å². The highest BCUT2D eigenvalue weighted by atomic mass is 16.5. The van der Waals surface area contributed by atoms with E-state index in [1.165, 1.54) is 4.90 Å². The lowest BCUT2D eigenvalue weighted by Gasteiger charge is -2.16. The number of ether oxygens (including phenoxy) is 1. The summed E-state index contributed by atoms with van der Waals surface area (Å²) in [5, 5.41) is 0. The van der Waals surface area contributed by atoms with Gasteiger partial charge in [0.05, 0.1) is 18.3 Å². The van der Waals surface area contributed by atoms with Crippen molar-refractivity contribution in [2.45, 2.75) is 12.8 Å². The number of esters is 1. The molecule has 0 unspecified atom stereocenters. The second-order valence-electron chi connectivity index (χ2n) is 7.94. The zero-order valence-corrected chi connectivity index (χ0v) is 15.9. The number of carbonyl (C=O) groups excluding carboxylic acids is 3. The third-order valence-corrected chi connectivity index (χ3v) is 6.29. The number of nitrogens with zero attached hydrogens (tertiary/aromatic N) is 1. The third-order valence-electron chi connectivity index (χ3n) is 6.29. The highest BCUT2D eigenvalue weighted by Gasteiger charge is 2.59. The predicted molar refractivity (Wildman–Crippen MR) is 107 cm³/mol. The number of carbonyl (C=O) groups is 3. The van der Waals surface area contributed by atoms with Gasteiger partial charge in [0, 0.05) is 6.54 Å².